The van der Waals surface area contributed by atoms with Crippen molar-refractivity contribution < 1.29 is 0 Å². The number of nitrogens with zero attached hydrogens (tertiary/aromatic N) is 4. The highest BCUT2D eigenvalue weighted by Crippen LogP contribution is 2.23. The molecule has 2 atom stereocenters. The van der Waals surface area contributed by atoms with Crippen LogP contribution in [-0.4, -0.2) is 11.1 Å². The fourth-order valence-corrected chi connectivity index (χ4v) is 1.30. The third kappa shape index (κ3) is 9.19. The molecule has 0 heterocycles. The second kappa shape index (κ2) is 9.50. The Morgan fingerprint density at radius 1 is 0.947 bits per heavy atom. The molecule has 0 aromatic heterocycles. The van der Waals surface area contributed by atoms with Crippen LogP contribution in [-0.2, 0) is 0 Å². The smallest absolute Gasteiger partial charge is 0.165 e. The minimum Gasteiger partial charge on any atom is -0.196 e. The van der Waals surface area contributed by atoms with Gasteiger partial charge in [0.15, 0.2) is 11.1 Å². The molecule has 19 heavy (non-hydrogen) atoms. The summed E-state index contributed by atoms with van der Waals surface area (Å²) in [4.78, 5) is 0. The molecule has 0 rings (SSSR count). The highest BCUT2D eigenvalue weighted by molar-refractivity contribution is 5.07. The Bertz CT molecular complexity index is 348. The minimum atomic E-state index is -0.818. The van der Waals surface area contributed by atoms with E-state index in [1.54, 1.807) is 13.8 Å². The zero-order chi connectivity index (χ0) is 15.5. The standard InChI is InChI=1S/C12H20N4.C3H8/c1-6-11(4,8-13)15-16-12(5,9-14)7-10(2)3;1-3-2/h10H,6-7H2,1-5H3;3H2,1-2H3. The van der Waals surface area contributed by atoms with Gasteiger partial charge in [0.2, 0.25) is 0 Å². The van der Waals surface area contributed by atoms with E-state index < -0.39 is 11.1 Å². The van der Waals surface area contributed by atoms with Gasteiger partial charge >= 0.3 is 0 Å². The molecule has 0 aliphatic carbocycles. The van der Waals surface area contributed by atoms with E-state index in [1.807, 2.05) is 20.8 Å². The molecular formula is C15H28N4. The maximum absolute atomic E-state index is 9.09. The molecule has 2 unspecified atom stereocenters. The molecule has 0 radical (unpaired) electrons. The predicted molar refractivity (Wildman–Crippen MR) is 78.6 cm³/mol. The van der Waals surface area contributed by atoms with E-state index in [2.05, 4.69) is 36.2 Å². The third-order valence-corrected chi connectivity index (χ3v) is 2.47. The average molecular weight is 264 g/mol. The summed E-state index contributed by atoms with van der Waals surface area (Å²) in [5, 5.41) is 26.1. The van der Waals surface area contributed by atoms with Gasteiger partial charge < -0.3 is 0 Å². The quantitative estimate of drug-likeness (QED) is 0.664. The van der Waals surface area contributed by atoms with Crippen LogP contribution in [0.3, 0.4) is 0 Å². The van der Waals surface area contributed by atoms with E-state index in [0.717, 1.165) is 0 Å². The highest BCUT2D eigenvalue weighted by Gasteiger charge is 2.27. The molecule has 0 aliphatic heterocycles. The van der Waals surface area contributed by atoms with Gasteiger partial charge in [0.1, 0.15) is 0 Å². The molecule has 0 aromatic carbocycles. The number of nitriles is 2. The molecule has 0 aliphatic rings. The molecule has 108 valence electrons. The first kappa shape index (κ1) is 19.9. The third-order valence-electron chi connectivity index (χ3n) is 2.47. The molecule has 0 bridgehead atoms. The van der Waals surface area contributed by atoms with Crippen LogP contribution in [0.2, 0.25) is 0 Å². The Kier molecular flexibility index (Phi) is 9.96. The normalized spacial score (nSPS) is 16.7. The van der Waals surface area contributed by atoms with Crippen molar-refractivity contribution in [3.8, 4) is 12.1 Å². The lowest BCUT2D eigenvalue weighted by Crippen LogP contribution is -2.24. The van der Waals surface area contributed by atoms with E-state index in [1.165, 1.54) is 6.42 Å². The molecule has 4 heteroatoms. The topological polar surface area (TPSA) is 72.3 Å². The molecule has 0 N–H and O–H groups in total. The van der Waals surface area contributed by atoms with Crippen molar-refractivity contribution in [3.63, 3.8) is 0 Å². The van der Waals surface area contributed by atoms with Gasteiger partial charge in [-0.15, -0.1) is 0 Å². The van der Waals surface area contributed by atoms with Gasteiger partial charge in [-0.25, -0.2) is 0 Å². The van der Waals surface area contributed by atoms with Gasteiger partial charge in [-0.3, -0.25) is 0 Å². The van der Waals surface area contributed by atoms with Gasteiger partial charge in [-0.05, 0) is 32.6 Å². The first-order valence-corrected chi connectivity index (χ1v) is 6.99. The van der Waals surface area contributed by atoms with Crippen LogP contribution in [0, 0.1) is 28.6 Å². The number of rotatable bonds is 5. The van der Waals surface area contributed by atoms with Gasteiger partial charge in [0, 0.05) is 0 Å². The Labute approximate surface area is 118 Å². The molecule has 0 amide bonds. The summed E-state index contributed by atoms with van der Waals surface area (Å²) in [5.41, 5.74) is -1.63. The van der Waals surface area contributed by atoms with Crippen LogP contribution >= 0.6 is 0 Å². The molecule has 0 saturated carbocycles. The highest BCUT2D eigenvalue weighted by atomic mass is 15.2. The molecule has 0 fully saturated rings. The fourth-order valence-electron chi connectivity index (χ4n) is 1.30. The Morgan fingerprint density at radius 2 is 1.32 bits per heavy atom. The summed E-state index contributed by atoms with van der Waals surface area (Å²) in [6.45, 7) is 13.7. The van der Waals surface area contributed by atoms with Crippen LogP contribution in [0.15, 0.2) is 10.2 Å². The lowest BCUT2D eigenvalue weighted by molar-refractivity contribution is 0.409. The van der Waals surface area contributed by atoms with Crippen molar-refractivity contribution in [2.75, 3.05) is 0 Å². The summed E-state index contributed by atoms with van der Waals surface area (Å²) in [6, 6.07) is 4.27. The zero-order valence-corrected chi connectivity index (χ0v) is 13.5. The fraction of sp³-hybridized carbons (Fsp3) is 0.867. The van der Waals surface area contributed by atoms with E-state index in [0.29, 0.717) is 18.8 Å². The van der Waals surface area contributed by atoms with Gasteiger partial charge in [-0.1, -0.05) is 41.0 Å². The Morgan fingerprint density at radius 3 is 1.58 bits per heavy atom. The van der Waals surface area contributed by atoms with E-state index in [9.17, 15) is 0 Å². The zero-order valence-electron chi connectivity index (χ0n) is 13.5. The Balaban J connectivity index is 0. The minimum absolute atomic E-state index is 0.374. The maximum Gasteiger partial charge on any atom is 0.165 e. The predicted octanol–water partition coefficient (Wildman–Crippen LogP) is 4.88. The molecular weight excluding hydrogens is 236 g/mol. The van der Waals surface area contributed by atoms with Crippen LogP contribution in [0.1, 0.15) is 67.7 Å². The van der Waals surface area contributed by atoms with Crippen LogP contribution in [0.25, 0.3) is 0 Å². The van der Waals surface area contributed by atoms with Crippen molar-refractivity contribution in [1.82, 2.24) is 0 Å². The van der Waals surface area contributed by atoms with E-state index in [-0.39, 0.29) is 0 Å². The van der Waals surface area contributed by atoms with Crippen molar-refractivity contribution >= 4 is 0 Å². The summed E-state index contributed by atoms with van der Waals surface area (Å²) in [6.07, 6.45) is 2.49. The van der Waals surface area contributed by atoms with E-state index in [4.69, 9.17) is 10.5 Å². The van der Waals surface area contributed by atoms with Crippen molar-refractivity contribution in [1.29, 1.82) is 10.5 Å². The van der Waals surface area contributed by atoms with Crippen LogP contribution in [0.4, 0.5) is 0 Å². The van der Waals surface area contributed by atoms with Gasteiger partial charge in [0.05, 0.1) is 12.1 Å². The maximum atomic E-state index is 9.09. The van der Waals surface area contributed by atoms with Crippen LogP contribution in [0.5, 0.6) is 0 Å². The van der Waals surface area contributed by atoms with Gasteiger partial charge in [-0.2, -0.15) is 20.8 Å². The lowest BCUT2D eigenvalue weighted by atomic mass is 9.93. The summed E-state index contributed by atoms with van der Waals surface area (Å²) in [5.74, 6) is 0.374. The SMILES string of the molecule is CCC.CCC(C)(C#N)N=NC(C)(C#N)CC(C)C. The number of azo groups is 1. The number of hydrogen-bond acceptors (Lipinski definition) is 4. The molecule has 0 aromatic rings. The second-order valence-corrected chi connectivity index (χ2v) is 5.63. The number of hydrogen-bond donors (Lipinski definition) is 0. The van der Waals surface area contributed by atoms with Gasteiger partial charge in [0.25, 0.3) is 0 Å². The first-order chi connectivity index (χ1) is 8.72. The van der Waals surface area contributed by atoms with Crippen molar-refractivity contribution in [2.45, 2.75) is 78.8 Å². The molecule has 0 saturated heterocycles. The lowest BCUT2D eigenvalue weighted by Gasteiger charge is -2.20. The van der Waals surface area contributed by atoms with Crippen LogP contribution < -0.4 is 0 Å². The van der Waals surface area contributed by atoms with E-state index >= 15 is 0 Å². The van der Waals surface area contributed by atoms with Crippen molar-refractivity contribution in [2.24, 2.45) is 16.1 Å². The molecule has 0 spiro atoms. The average Bonchev–Trinajstić information content (AvgIpc) is 2.36. The Hall–Kier alpha value is -1.42. The summed E-state index contributed by atoms with van der Waals surface area (Å²) in [7, 11) is 0. The molecule has 4 nitrogen and oxygen atoms in total. The second-order valence-electron chi connectivity index (χ2n) is 5.63. The monoisotopic (exact) mass is 264 g/mol. The largest absolute Gasteiger partial charge is 0.196 e. The summed E-state index contributed by atoms with van der Waals surface area (Å²) >= 11 is 0. The first-order valence-electron chi connectivity index (χ1n) is 6.99. The summed E-state index contributed by atoms with van der Waals surface area (Å²) < 4.78 is 0. The van der Waals surface area contributed by atoms with Crippen molar-refractivity contribution in [3.05, 3.63) is 0 Å².